The van der Waals surface area contributed by atoms with Crippen LogP contribution >= 0.6 is 11.3 Å². The van der Waals surface area contributed by atoms with Crippen molar-refractivity contribution in [3.05, 3.63) is 143 Å². The third-order valence-electron chi connectivity index (χ3n) is 7.96. The van der Waals surface area contributed by atoms with Gasteiger partial charge in [-0.15, -0.1) is 65.4 Å². The van der Waals surface area contributed by atoms with Gasteiger partial charge < -0.3 is 14.4 Å². The zero-order chi connectivity index (χ0) is 30.2. The fourth-order valence-electron chi connectivity index (χ4n) is 5.87. The fourth-order valence-corrected chi connectivity index (χ4v) is 6.80. The predicted molar refractivity (Wildman–Crippen MR) is 184 cm³/mol. The molecule has 223 valence electrons. The number of furan rings is 1. The number of thiophene rings is 1. The summed E-state index contributed by atoms with van der Waals surface area (Å²) < 4.78 is 7.64. The zero-order valence-electron chi connectivity index (χ0n) is 25.4. The summed E-state index contributed by atoms with van der Waals surface area (Å²) in [7, 11) is 0. The molecule has 5 heteroatoms. The van der Waals surface area contributed by atoms with Gasteiger partial charge in [0.25, 0.3) is 0 Å². The number of nitrogens with zero attached hydrogens (tertiary/aromatic N) is 2. The smallest absolute Gasteiger partial charge is 0.122 e. The predicted octanol–water partition coefficient (Wildman–Crippen LogP) is 11.1. The molecule has 0 amide bonds. The van der Waals surface area contributed by atoms with Gasteiger partial charge in [0.05, 0.1) is 5.58 Å². The Balaban J connectivity index is 0.000000231. The molecule has 8 aromatic rings. The molecule has 1 radical (unpaired) electrons. The van der Waals surface area contributed by atoms with E-state index in [4.69, 9.17) is 9.40 Å². The van der Waals surface area contributed by atoms with Crippen LogP contribution in [0.5, 0.6) is 0 Å². The minimum absolute atomic E-state index is 0. The molecule has 0 saturated carbocycles. The van der Waals surface area contributed by atoms with Gasteiger partial charge >= 0.3 is 0 Å². The van der Waals surface area contributed by atoms with Crippen molar-refractivity contribution in [1.82, 2.24) is 9.97 Å². The molecule has 0 atom stereocenters. The van der Waals surface area contributed by atoms with E-state index in [1.54, 1.807) is 17.5 Å². The average Bonchev–Trinajstić information content (AvgIpc) is 3.59. The Morgan fingerprint density at radius 3 is 2.24 bits per heavy atom. The van der Waals surface area contributed by atoms with Crippen LogP contribution in [0.2, 0.25) is 0 Å². The molecule has 0 aliphatic carbocycles. The maximum Gasteiger partial charge on any atom is 0.122 e. The van der Waals surface area contributed by atoms with Crippen LogP contribution in [0.25, 0.3) is 65.7 Å². The van der Waals surface area contributed by atoms with Crippen molar-refractivity contribution in [2.45, 2.75) is 27.7 Å². The standard InChI is InChI=1S/C29H22NOS.C11H8N.Ir/c1-16-7-5-8-17(2)28(16)24-15-30-25(11-18(24)3)22-10-6-9-21-23-13-20-12-19(4)32-27(20)14-26(23)31-29(21)22;1-2-6-10(7-3-1)11-8-4-5-9-12-11;/h5-9,11-15H,1-4H3;1-6,8-9H;/q2*-1;. The first kappa shape index (κ1) is 30.6. The Kier molecular flexibility index (Phi) is 8.78. The van der Waals surface area contributed by atoms with Crippen LogP contribution in [0.3, 0.4) is 0 Å². The van der Waals surface area contributed by atoms with Crippen molar-refractivity contribution in [1.29, 1.82) is 0 Å². The summed E-state index contributed by atoms with van der Waals surface area (Å²) in [5, 5.41) is 3.52. The molecule has 0 N–H and O–H groups in total. The number of rotatable bonds is 3. The van der Waals surface area contributed by atoms with Gasteiger partial charge in [0.1, 0.15) is 5.58 Å². The van der Waals surface area contributed by atoms with E-state index in [2.05, 4.69) is 93.3 Å². The molecule has 0 aliphatic rings. The number of aromatic nitrogens is 2. The van der Waals surface area contributed by atoms with Crippen LogP contribution in [-0.4, -0.2) is 9.97 Å². The first-order chi connectivity index (χ1) is 21.5. The van der Waals surface area contributed by atoms with Crippen LogP contribution in [0.15, 0.2) is 114 Å². The van der Waals surface area contributed by atoms with Gasteiger partial charge in [-0.1, -0.05) is 47.3 Å². The second-order valence-electron chi connectivity index (χ2n) is 11.1. The average molecular weight is 779 g/mol. The van der Waals surface area contributed by atoms with Gasteiger partial charge in [0.15, 0.2) is 0 Å². The van der Waals surface area contributed by atoms with Gasteiger partial charge in [0, 0.05) is 53.0 Å². The van der Waals surface area contributed by atoms with E-state index in [0.29, 0.717) is 0 Å². The topological polar surface area (TPSA) is 38.9 Å². The molecular weight excluding hydrogens is 749 g/mol. The number of aryl methyl sites for hydroxylation is 4. The van der Waals surface area contributed by atoms with E-state index in [1.807, 2.05) is 54.7 Å². The first-order valence-corrected chi connectivity index (χ1v) is 15.5. The van der Waals surface area contributed by atoms with Gasteiger partial charge in [-0.25, -0.2) is 0 Å². The third-order valence-corrected chi connectivity index (χ3v) is 8.97. The molecule has 45 heavy (non-hydrogen) atoms. The second kappa shape index (κ2) is 12.9. The van der Waals surface area contributed by atoms with Crippen molar-refractivity contribution in [3.8, 4) is 33.6 Å². The molecule has 8 rings (SSSR count). The van der Waals surface area contributed by atoms with E-state index in [-0.39, 0.29) is 20.1 Å². The van der Waals surface area contributed by atoms with Crippen molar-refractivity contribution >= 4 is 43.4 Å². The number of benzene rings is 4. The SMILES string of the molecule is Cc1cc2cc3c(cc2s1)oc1c(-c2cc(C)c(-c4c(C)cccc4C)cn2)[c-]ccc13.[Ir].[c-]1ccccc1-c1ccccn1. The molecule has 3 nitrogen and oxygen atoms in total. The summed E-state index contributed by atoms with van der Waals surface area (Å²) in [6.45, 7) is 8.62. The van der Waals surface area contributed by atoms with Crippen molar-refractivity contribution < 1.29 is 24.5 Å². The summed E-state index contributed by atoms with van der Waals surface area (Å²) in [6, 6.07) is 39.5. The number of fused-ring (bicyclic) bond motifs is 4. The molecule has 4 aromatic carbocycles. The molecule has 4 aromatic heterocycles. The Labute approximate surface area is 281 Å². The molecule has 0 spiro atoms. The second-order valence-corrected chi connectivity index (χ2v) is 12.4. The first-order valence-electron chi connectivity index (χ1n) is 14.6. The van der Waals surface area contributed by atoms with Crippen molar-refractivity contribution in [2.75, 3.05) is 0 Å². The number of hydrogen-bond acceptors (Lipinski definition) is 4. The molecule has 0 aliphatic heterocycles. The largest absolute Gasteiger partial charge is 0.501 e. The van der Waals surface area contributed by atoms with Gasteiger partial charge in [0.2, 0.25) is 0 Å². The summed E-state index contributed by atoms with van der Waals surface area (Å²) in [5.41, 5.74) is 11.8. The van der Waals surface area contributed by atoms with Gasteiger partial charge in [-0.05, 0) is 91.0 Å². The monoisotopic (exact) mass is 779 g/mol. The number of hydrogen-bond donors (Lipinski definition) is 0. The Bertz CT molecular complexity index is 2210. The maximum atomic E-state index is 6.38. The summed E-state index contributed by atoms with van der Waals surface area (Å²) >= 11 is 1.80. The molecule has 0 bridgehead atoms. The van der Waals surface area contributed by atoms with Crippen molar-refractivity contribution in [3.63, 3.8) is 0 Å². The summed E-state index contributed by atoms with van der Waals surface area (Å²) in [5.74, 6) is 0. The van der Waals surface area contributed by atoms with Crippen LogP contribution in [0, 0.1) is 39.8 Å². The zero-order valence-corrected chi connectivity index (χ0v) is 28.6. The number of pyridine rings is 2. The molecule has 0 unspecified atom stereocenters. The van der Waals surface area contributed by atoms with E-state index < -0.39 is 0 Å². The molecule has 4 heterocycles. The Morgan fingerprint density at radius 1 is 0.689 bits per heavy atom. The summed E-state index contributed by atoms with van der Waals surface area (Å²) in [6.07, 6.45) is 3.78. The van der Waals surface area contributed by atoms with E-state index in [9.17, 15) is 0 Å². The van der Waals surface area contributed by atoms with Gasteiger partial charge in [-0.2, -0.15) is 0 Å². The third kappa shape index (κ3) is 6.00. The van der Waals surface area contributed by atoms with E-state index in [0.717, 1.165) is 44.5 Å². The Hall–Kier alpha value is -4.41. The molecule has 0 saturated heterocycles. The van der Waals surface area contributed by atoms with Crippen LogP contribution < -0.4 is 0 Å². The van der Waals surface area contributed by atoms with Crippen LogP contribution in [0.4, 0.5) is 0 Å². The van der Waals surface area contributed by atoms with Crippen molar-refractivity contribution in [2.24, 2.45) is 0 Å². The normalized spacial score (nSPS) is 10.9. The minimum Gasteiger partial charge on any atom is -0.501 e. The molecule has 0 fully saturated rings. The van der Waals surface area contributed by atoms with Crippen LogP contribution in [-0.2, 0) is 20.1 Å². The minimum atomic E-state index is 0. The Morgan fingerprint density at radius 2 is 1.51 bits per heavy atom. The van der Waals surface area contributed by atoms with E-state index in [1.165, 1.54) is 42.8 Å². The maximum absolute atomic E-state index is 6.38. The van der Waals surface area contributed by atoms with E-state index >= 15 is 0 Å². The quantitative estimate of drug-likeness (QED) is 0.168. The summed E-state index contributed by atoms with van der Waals surface area (Å²) in [4.78, 5) is 10.4. The fraction of sp³-hybridized carbons (Fsp3) is 0.100. The molecular formula is C40H30IrN2OS-2. The van der Waals surface area contributed by atoms with Crippen LogP contribution in [0.1, 0.15) is 21.6 Å². The van der Waals surface area contributed by atoms with Gasteiger partial charge in [-0.3, -0.25) is 0 Å².